The Balaban J connectivity index is 2.46. The molecular formula is C14H10ClF3O. The summed E-state index contributed by atoms with van der Waals surface area (Å²) in [7, 11) is 0. The molecule has 0 heterocycles. The van der Waals surface area contributed by atoms with Gasteiger partial charge in [-0.15, -0.1) is 0 Å². The summed E-state index contributed by atoms with van der Waals surface area (Å²) in [6, 6.07) is 5.48. The van der Waals surface area contributed by atoms with Gasteiger partial charge in [0.15, 0.2) is 0 Å². The van der Waals surface area contributed by atoms with Crippen molar-refractivity contribution in [2.75, 3.05) is 0 Å². The van der Waals surface area contributed by atoms with Gasteiger partial charge in [0.25, 0.3) is 0 Å². The number of aryl methyl sites for hydroxylation is 1. The zero-order chi connectivity index (χ0) is 14.2. The maximum Gasteiger partial charge on any atom is 0.142 e. The first kappa shape index (κ1) is 13.9. The lowest BCUT2D eigenvalue weighted by Gasteiger charge is -2.14. The molecule has 0 aromatic heterocycles. The first-order chi connectivity index (χ1) is 8.90. The molecule has 2 aromatic carbocycles. The lowest BCUT2D eigenvalue weighted by molar-refractivity contribution is 0.214. The average Bonchev–Trinajstić information content (AvgIpc) is 2.36. The normalized spacial score (nSPS) is 12.5. The smallest absolute Gasteiger partial charge is 0.142 e. The monoisotopic (exact) mass is 286 g/mol. The van der Waals surface area contributed by atoms with E-state index in [0.29, 0.717) is 0 Å². The third-order valence-corrected chi connectivity index (χ3v) is 3.14. The first-order valence-corrected chi connectivity index (χ1v) is 5.86. The predicted octanol–water partition coefficient (Wildman–Crippen LogP) is 4.15. The summed E-state index contributed by atoms with van der Waals surface area (Å²) in [6.07, 6.45) is -1.46. The number of aliphatic hydroxyl groups excluding tert-OH is 1. The summed E-state index contributed by atoms with van der Waals surface area (Å²) < 4.78 is 40.4. The SMILES string of the molecule is Cc1cc(F)c(C(O)c2ccc(Cl)c(F)c2)cc1F. The molecule has 2 aromatic rings. The third-order valence-electron chi connectivity index (χ3n) is 2.83. The van der Waals surface area contributed by atoms with E-state index in [0.717, 1.165) is 18.2 Å². The number of rotatable bonds is 2. The van der Waals surface area contributed by atoms with Crippen molar-refractivity contribution < 1.29 is 18.3 Å². The van der Waals surface area contributed by atoms with E-state index in [9.17, 15) is 18.3 Å². The minimum absolute atomic E-state index is 0.101. The highest BCUT2D eigenvalue weighted by Gasteiger charge is 2.18. The Kier molecular flexibility index (Phi) is 3.83. The Hall–Kier alpha value is -1.52. The van der Waals surface area contributed by atoms with Crippen LogP contribution in [-0.4, -0.2) is 5.11 Å². The van der Waals surface area contributed by atoms with Crippen LogP contribution in [0, 0.1) is 24.4 Å². The number of benzene rings is 2. The summed E-state index contributed by atoms with van der Waals surface area (Å²) in [4.78, 5) is 0. The number of halogens is 4. The van der Waals surface area contributed by atoms with E-state index in [4.69, 9.17) is 11.6 Å². The molecule has 0 amide bonds. The van der Waals surface area contributed by atoms with Crippen LogP contribution in [0.3, 0.4) is 0 Å². The molecule has 5 heteroatoms. The van der Waals surface area contributed by atoms with Crippen LogP contribution in [0.4, 0.5) is 13.2 Å². The van der Waals surface area contributed by atoms with E-state index < -0.39 is 23.6 Å². The molecule has 1 N–H and O–H groups in total. The molecule has 0 saturated carbocycles. The Morgan fingerprint density at radius 3 is 2.32 bits per heavy atom. The largest absolute Gasteiger partial charge is 0.384 e. The van der Waals surface area contributed by atoms with Crippen molar-refractivity contribution in [3.8, 4) is 0 Å². The second kappa shape index (κ2) is 5.23. The lowest BCUT2D eigenvalue weighted by atomic mass is 9.99. The van der Waals surface area contributed by atoms with Gasteiger partial charge in [0.05, 0.1) is 5.02 Å². The Bertz CT molecular complexity index is 628. The molecular weight excluding hydrogens is 277 g/mol. The van der Waals surface area contributed by atoms with Crippen molar-refractivity contribution in [2.24, 2.45) is 0 Å². The Morgan fingerprint density at radius 1 is 1.00 bits per heavy atom. The van der Waals surface area contributed by atoms with Crippen LogP contribution in [0.5, 0.6) is 0 Å². The minimum Gasteiger partial charge on any atom is -0.384 e. The van der Waals surface area contributed by atoms with Gasteiger partial charge in [0, 0.05) is 5.56 Å². The standard InChI is InChI=1S/C14H10ClF3O/c1-7-4-12(17)9(6-11(7)16)14(19)8-2-3-10(15)13(18)5-8/h2-6,14,19H,1H3. The molecule has 1 unspecified atom stereocenters. The fourth-order valence-electron chi connectivity index (χ4n) is 1.73. The molecule has 0 aliphatic heterocycles. The number of hydrogen-bond acceptors (Lipinski definition) is 1. The van der Waals surface area contributed by atoms with Crippen molar-refractivity contribution in [3.05, 3.63) is 69.5 Å². The molecule has 100 valence electrons. The summed E-state index contributed by atoms with van der Waals surface area (Å²) in [5.74, 6) is -2.11. The molecule has 0 fully saturated rings. The van der Waals surface area contributed by atoms with Gasteiger partial charge in [-0.05, 0) is 42.3 Å². The molecule has 0 radical (unpaired) electrons. The number of hydrogen-bond donors (Lipinski definition) is 1. The van der Waals surface area contributed by atoms with Gasteiger partial charge >= 0.3 is 0 Å². The van der Waals surface area contributed by atoms with E-state index in [1.54, 1.807) is 0 Å². The molecule has 1 atom stereocenters. The van der Waals surface area contributed by atoms with Crippen LogP contribution in [0.1, 0.15) is 22.8 Å². The van der Waals surface area contributed by atoms with Gasteiger partial charge in [-0.1, -0.05) is 17.7 Å². The molecule has 0 aliphatic carbocycles. The quantitative estimate of drug-likeness (QED) is 0.879. The van der Waals surface area contributed by atoms with Gasteiger partial charge in [0.1, 0.15) is 23.6 Å². The second-order valence-corrected chi connectivity index (χ2v) is 4.61. The Labute approximate surface area is 113 Å². The zero-order valence-electron chi connectivity index (χ0n) is 9.92. The molecule has 2 rings (SSSR count). The van der Waals surface area contributed by atoms with Gasteiger partial charge in [-0.3, -0.25) is 0 Å². The highest BCUT2D eigenvalue weighted by atomic mass is 35.5. The van der Waals surface area contributed by atoms with Crippen LogP contribution < -0.4 is 0 Å². The topological polar surface area (TPSA) is 20.2 Å². The van der Waals surface area contributed by atoms with Gasteiger partial charge in [-0.25, -0.2) is 13.2 Å². The minimum atomic E-state index is -1.46. The van der Waals surface area contributed by atoms with Crippen LogP contribution >= 0.6 is 11.6 Å². The van der Waals surface area contributed by atoms with Gasteiger partial charge in [-0.2, -0.15) is 0 Å². The summed E-state index contributed by atoms with van der Waals surface area (Å²) in [5, 5.41) is 9.88. The van der Waals surface area contributed by atoms with Gasteiger partial charge < -0.3 is 5.11 Å². The number of aliphatic hydroxyl groups is 1. The van der Waals surface area contributed by atoms with Crippen molar-refractivity contribution >= 4 is 11.6 Å². The molecule has 1 nitrogen and oxygen atoms in total. The van der Waals surface area contributed by atoms with Gasteiger partial charge in [0.2, 0.25) is 0 Å². The zero-order valence-corrected chi connectivity index (χ0v) is 10.7. The third kappa shape index (κ3) is 2.74. The van der Waals surface area contributed by atoms with Crippen molar-refractivity contribution in [3.63, 3.8) is 0 Å². The second-order valence-electron chi connectivity index (χ2n) is 4.20. The molecule has 0 aliphatic rings. The molecule has 0 bridgehead atoms. The van der Waals surface area contributed by atoms with E-state index in [-0.39, 0.29) is 21.7 Å². The predicted molar refractivity (Wildman–Crippen MR) is 66.6 cm³/mol. The molecule has 19 heavy (non-hydrogen) atoms. The fourth-order valence-corrected chi connectivity index (χ4v) is 1.85. The van der Waals surface area contributed by atoms with Crippen molar-refractivity contribution in [1.82, 2.24) is 0 Å². The average molecular weight is 287 g/mol. The van der Waals surface area contributed by atoms with E-state index >= 15 is 0 Å². The summed E-state index contributed by atoms with van der Waals surface area (Å²) >= 11 is 5.52. The highest BCUT2D eigenvalue weighted by molar-refractivity contribution is 6.30. The Morgan fingerprint density at radius 2 is 1.68 bits per heavy atom. The first-order valence-electron chi connectivity index (χ1n) is 5.48. The maximum atomic E-state index is 13.7. The van der Waals surface area contributed by atoms with Crippen LogP contribution in [0.15, 0.2) is 30.3 Å². The van der Waals surface area contributed by atoms with Crippen LogP contribution in [0.25, 0.3) is 0 Å². The fraction of sp³-hybridized carbons (Fsp3) is 0.143. The summed E-state index contributed by atoms with van der Waals surface area (Å²) in [5.41, 5.74) is -0.00962. The van der Waals surface area contributed by atoms with Crippen molar-refractivity contribution in [1.29, 1.82) is 0 Å². The van der Waals surface area contributed by atoms with Crippen molar-refractivity contribution in [2.45, 2.75) is 13.0 Å². The maximum absolute atomic E-state index is 13.7. The van der Waals surface area contributed by atoms with Crippen LogP contribution in [-0.2, 0) is 0 Å². The molecule has 0 saturated heterocycles. The lowest BCUT2D eigenvalue weighted by Crippen LogP contribution is -2.05. The highest BCUT2D eigenvalue weighted by Crippen LogP contribution is 2.28. The van der Waals surface area contributed by atoms with Crippen LogP contribution in [0.2, 0.25) is 5.02 Å². The van der Waals surface area contributed by atoms with E-state index in [1.165, 1.54) is 19.1 Å². The summed E-state index contributed by atoms with van der Waals surface area (Å²) in [6.45, 7) is 1.41. The van der Waals surface area contributed by atoms with E-state index in [2.05, 4.69) is 0 Å². The molecule has 0 spiro atoms. The van der Waals surface area contributed by atoms with E-state index in [1.807, 2.05) is 0 Å².